The van der Waals surface area contributed by atoms with Crippen LogP contribution in [-0.2, 0) is 18.4 Å². The Bertz CT molecular complexity index is 551. The number of ketones is 1. The van der Waals surface area contributed by atoms with Crippen molar-refractivity contribution >= 4 is 25.0 Å². The molecule has 0 spiro atoms. The van der Waals surface area contributed by atoms with Gasteiger partial charge in [-0.25, -0.2) is 0 Å². The van der Waals surface area contributed by atoms with E-state index in [2.05, 4.69) is 13.8 Å². The molecule has 1 aromatic carbocycles. The van der Waals surface area contributed by atoms with Gasteiger partial charge in [0.05, 0.1) is 0 Å². The molecule has 0 bridgehead atoms. The van der Waals surface area contributed by atoms with Gasteiger partial charge in [0.2, 0.25) is 0 Å². The summed E-state index contributed by atoms with van der Waals surface area (Å²) in [5.74, 6) is 0.507. The second kappa shape index (κ2) is 9.72. The van der Waals surface area contributed by atoms with Gasteiger partial charge in [0.15, 0.2) is 0 Å². The number of carbonyl (C=O) groups excluding carboxylic acids is 1. The summed E-state index contributed by atoms with van der Waals surface area (Å²) in [7, 11) is -0.725. The highest BCUT2D eigenvalue weighted by atomic mass is 35.5. The van der Waals surface area contributed by atoms with Crippen LogP contribution in [0.4, 0.5) is 0 Å². The average Bonchev–Trinajstić information content (AvgIpc) is 2.58. The Morgan fingerprint density at radius 3 is 2.29 bits per heavy atom. The first-order chi connectivity index (χ1) is 11.3. The summed E-state index contributed by atoms with van der Waals surface area (Å²) in [6.45, 7) is 4.30. The zero-order valence-electron chi connectivity index (χ0n) is 15.0. The van der Waals surface area contributed by atoms with E-state index in [-0.39, 0.29) is 23.3 Å². The first kappa shape index (κ1) is 21.4. The molecule has 0 heterocycles. The average molecular weight is 375 g/mol. The van der Waals surface area contributed by atoms with Gasteiger partial charge in [-0.2, -0.15) is 0 Å². The maximum absolute atomic E-state index is 12.5. The van der Waals surface area contributed by atoms with Gasteiger partial charge in [-0.15, -0.1) is 11.6 Å². The number of halogens is 1. The molecule has 0 saturated heterocycles. The van der Waals surface area contributed by atoms with Crippen molar-refractivity contribution in [3.63, 3.8) is 0 Å². The highest BCUT2D eigenvalue weighted by molar-refractivity contribution is 7.54. The molecule has 0 fully saturated rings. The maximum atomic E-state index is 12.5. The lowest BCUT2D eigenvalue weighted by molar-refractivity contribution is -0.117. The SMILES string of the molecule is COP(=O)(CC(=O)C[C@H](c1ccccc1)C(C)(C)CCCCl)OC. The fourth-order valence-corrected chi connectivity index (χ4v) is 4.04. The van der Waals surface area contributed by atoms with Gasteiger partial charge in [-0.05, 0) is 29.7 Å². The van der Waals surface area contributed by atoms with E-state index in [1.807, 2.05) is 30.3 Å². The van der Waals surface area contributed by atoms with Crippen molar-refractivity contribution in [2.24, 2.45) is 5.41 Å². The number of Topliss-reactive ketones (excluding diaryl/α,β-unsaturated/α-hetero) is 1. The zero-order valence-corrected chi connectivity index (χ0v) is 16.6. The molecule has 0 N–H and O–H groups in total. The number of hydrogen-bond donors (Lipinski definition) is 0. The van der Waals surface area contributed by atoms with Gasteiger partial charge in [-0.1, -0.05) is 44.2 Å². The zero-order chi connectivity index (χ0) is 18.2. The number of carbonyl (C=O) groups is 1. The van der Waals surface area contributed by atoms with E-state index < -0.39 is 7.60 Å². The molecule has 0 saturated carbocycles. The number of benzene rings is 1. The summed E-state index contributed by atoms with van der Waals surface area (Å²) >= 11 is 5.85. The number of alkyl halides is 1. The molecule has 0 unspecified atom stereocenters. The van der Waals surface area contributed by atoms with Crippen molar-refractivity contribution in [3.05, 3.63) is 35.9 Å². The molecule has 0 radical (unpaired) electrons. The van der Waals surface area contributed by atoms with Crippen LogP contribution >= 0.6 is 19.2 Å². The molecule has 4 nitrogen and oxygen atoms in total. The lowest BCUT2D eigenvalue weighted by Gasteiger charge is -2.35. The van der Waals surface area contributed by atoms with E-state index in [4.69, 9.17) is 20.6 Å². The Kier molecular flexibility index (Phi) is 8.66. The molecule has 0 aliphatic heterocycles. The predicted octanol–water partition coefficient (Wildman–Crippen LogP) is 5.26. The molecule has 1 atom stereocenters. The summed E-state index contributed by atoms with van der Waals surface area (Å²) in [4.78, 5) is 12.5. The first-order valence-electron chi connectivity index (χ1n) is 8.11. The van der Waals surface area contributed by atoms with Crippen molar-refractivity contribution < 1.29 is 18.4 Å². The van der Waals surface area contributed by atoms with E-state index >= 15 is 0 Å². The number of rotatable bonds is 11. The van der Waals surface area contributed by atoms with Gasteiger partial charge in [0.25, 0.3) is 0 Å². The van der Waals surface area contributed by atoms with Crippen LogP contribution in [-0.4, -0.2) is 32.0 Å². The van der Waals surface area contributed by atoms with Crippen LogP contribution in [0.15, 0.2) is 30.3 Å². The smallest absolute Gasteiger partial charge is 0.312 e. The normalized spacial score (nSPS) is 13.7. The Morgan fingerprint density at radius 1 is 1.21 bits per heavy atom. The van der Waals surface area contributed by atoms with Crippen molar-refractivity contribution in [2.45, 2.75) is 39.0 Å². The van der Waals surface area contributed by atoms with E-state index in [1.165, 1.54) is 14.2 Å². The lowest BCUT2D eigenvalue weighted by atomic mass is 9.70. The molecule has 0 aliphatic rings. The third-order valence-corrected chi connectivity index (χ3v) is 6.58. The predicted molar refractivity (Wildman–Crippen MR) is 99.0 cm³/mol. The van der Waals surface area contributed by atoms with Gasteiger partial charge in [-0.3, -0.25) is 9.36 Å². The fraction of sp³-hybridized carbons (Fsp3) is 0.611. The Labute approximate surface area is 150 Å². The summed E-state index contributed by atoms with van der Waals surface area (Å²) in [6, 6.07) is 9.97. The maximum Gasteiger partial charge on any atom is 0.337 e. The molecule has 0 amide bonds. The van der Waals surface area contributed by atoms with E-state index in [9.17, 15) is 9.36 Å². The van der Waals surface area contributed by atoms with E-state index in [0.29, 0.717) is 12.3 Å². The highest BCUT2D eigenvalue weighted by Gasteiger charge is 2.34. The minimum Gasteiger partial charge on any atom is -0.312 e. The van der Waals surface area contributed by atoms with Crippen LogP contribution in [0.5, 0.6) is 0 Å². The quantitative estimate of drug-likeness (QED) is 0.391. The van der Waals surface area contributed by atoms with Gasteiger partial charge < -0.3 is 9.05 Å². The third-order valence-electron chi connectivity index (χ3n) is 4.46. The van der Waals surface area contributed by atoms with Crippen molar-refractivity contribution in [1.82, 2.24) is 0 Å². The third kappa shape index (κ3) is 6.33. The molecule has 6 heteroatoms. The van der Waals surface area contributed by atoms with Crippen LogP contribution in [0.1, 0.15) is 44.6 Å². The van der Waals surface area contributed by atoms with Gasteiger partial charge in [0.1, 0.15) is 11.9 Å². The minimum atomic E-state index is -3.33. The molecular formula is C18H28ClO4P. The highest BCUT2D eigenvalue weighted by Crippen LogP contribution is 2.48. The van der Waals surface area contributed by atoms with Crippen molar-refractivity contribution in [2.75, 3.05) is 26.3 Å². The molecule has 1 aromatic rings. The summed E-state index contributed by atoms with van der Waals surface area (Å²) in [5, 5.41) is 0. The number of hydrogen-bond acceptors (Lipinski definition) is 4. The van der Waals surface area contributed by atoms with Crippen LogP contribution in [0.25, 0.3) is 0 Å². The van der Waals surface area contributed by atoms with Crippen LogP contribution in [0.2, 0.25) is 0 Å². The van der Waals surface area contributed by atoms with Gasteiger partial charge in [0, 0.05) is 26.5 Å². The lowest BCUT2D eigenvalue weighted by Crippen LogP contribution is -2.26. The monoisotopic (exact) mass is 374 g/mol. The fourth-order valence-electron chi connectivity index (χ4n) is 2.94. The van der Waals surface area contributed by atoms with Crippen LogP contribution in [0.3, 0.4) is 0 Å². The Hall–Kier alpha value is -0.670. The molecule has 1 rings (SSSR count). The van der Waals surface area contributed by atoms with E-state index in [0.717, 1.165) is 18.4 Å². The largest absolute Gasteiger partial charge is 0.337 e. The Balaban J connectivity index is 2.98. The van der Waals surface area contributed by atoms with Crippen molar-refractivity contribution in [3.8, 4) is 0 Å². The van der Waals surface area contributed by atoms with Crippen molar-refractivity contribution in [1.29, 1.82) is 0 Å². The van der Waals surface area contributed by atoms with Crippen LogP contribution < -0.4 is 0 Å². The molecule has 24 heavy (non-hydrogen) atoms. The first-order valence-corrected chi connectivity index (χ1v) is 10.4. The topological polar surface area (TPSA) is 52.6 Å². The molecule has 0 aliphatic carbocycles. The summed E-state index contributed by atoms with van der Waals surface area (Å²) < 4.78 is 22.0. The Morgan fingerprint density at radius 2 is 1.79 bits per heavy atom. The standard InChI is InChI=1S/C18H28ClO4P/c1-18(2,11-8-12-19)17(15-9-6-5-7-10-15)13-16(20)14-24(21,22-3)23-4/h5-7,9-10,17H,8,11-14H2,1-4H3/t17-/m1/s1. The summed E-state index contributed by atoms with van der Waals surface area (Å²) in [5.41, 5.74) is 1.01. The van der Waals surface area contributed by atoms with E-state index in [1.54, 1.807) is 0 Å². The van der Waals surface area contributed by atoms with Crippen LogP contribution in [0, 0.1) is 5.41 Å². The molecule has 0 aromatic heterocycles. The molecule has 136 valence electrons. The minimum absolute atomic E-state index is 0.0246. The van der Waals surface area contributed by atoms with Gasteiger partial charge >= 0.3 is 7.60 Å². The molecular weight excluding hydrogens is 347 g/mol. The second-order valence-corrected chi connectivity index (χ2v) is 9.27. The second-order valence-electron chi connectivity index (χ2n) is 6.62. The summed E-state index contributed by atoms with van der Waals surface area (Å²) in [6.07, 6.45) is 1.90.